The lowest BCUT2D eigenvalue weighted by atomic mass is 10.1. The van der Waals surface area contributed by atoms with Gasteiger partial charge in [0.15, 0.2) is 5.82 Å². The van der Waals surface area contributed by atoms with E-state index in [0.717, 1.165) is 33.8 Å². The van der Waals surface area contributed by atoms with E-state index in [2.05, 4.69) is 51.7 Å². The number of nitrogens with zero attached hydrogens (tertiary/aromatic N) is 3. The summed E-state index contributed by atoms with van der Waals surface area (Å²) in [6.45, 7) is 5.94. The van der Waals surface area contributed by atoms with Gasteiger partial charge in [-0.25, -0.2) is 9.97 Å². The zero-order chi connectivity index (χ0) is 15.5. The van der Waals surface area contributed by atoms with Gasteiger partial charge in [-0.15, -0.1) is 0 Å². The zero-order valence-electron chi connectivity index (χ0n) is 13.0. The molecule has 0 amide bonds. The van der Waals surface area contributed by atoms with Crippen LogP contribution in [-0.4, -0.2) is 15.7 Å². The van der Waals surface area contributed by atoms with E-state index < -0.39 is 0 Å². The van der Waals surface area contributed by atoms with Crippen LogP contribution in [0.15, 0.2) is 53.6 Å². The number of anilines is 1. The van der Waals surface area contributed by atoms with Crippen molar-refractivity contribution in [2.75, 3.05) is 5.43 Å². The second-order valence-corrected chi connectivity index (χ2v) is 5.31. The molecule has 0 saturated carbocycles. The molecule has 22 heavy (non-hydrogen) atoms. The smallest absolute Gasteiger partial charge is 0.157 e. The van der Waals surface area contributed by atoms with E-state index in [4.69, 9.17) is 0 Å². The monoisotopic (exact) mass is 290 g/mol. The molecule has 4 heteroatoms. The molecule has 0 atom stereocenters. The molecule has 3 aromatic rings. The van der Waals surface area contributed by atoms with Crippen molar-refractivity contribution in [1.29, 1.82) is 0 Å². The number of nitrogens with one attached hydrogen (secondary N) is 1. The number of fused-ring (bicyclic) bond motifs is 1. The molecule has 0 radical (unpaired) electrons. The van der Waals surface area contributed by atoms with E-state index in [0.29, 0.717) is 0 Å². The van der Waals surface area contributed by atoms with Crippen LogP contribution in [0.5, 0.6) is 0 Å². The van der Waals surface area contributed by atoms with E-state index >= 15 is 0 Å². The van der Waals surface area contributed by atoms with Gasteiger partial charge in [-0.3, -0.25) is 5.43 Å². The minimum Gasteiger partial charge on any atom is -0.260 e. The Kier molecular flexibility index (Phi) is 3.83. The highest BCUT2D eigenvalue weighted by molar-refractivity contribution is 5.99. The first-order valence-electron chi connectivity index (χ1n) is 7.24. The second-order valence-electron chi connectivity index (χ2n) is 5.31. The maximum atomic E-state index is 4.46. The van der Waals surface area contributed by atoms with Gasteiger partial charge in [0.1, 0.15) is 5.82 Å². The highest BCUT2D eigenvalue weighted by Crippen LogP contribution is 2.20. The van der Waals surface area contributed by atoms with Crippen molar-refractivity contribution in [3.63, 3.8) is 0 Å². The number of benzene rings is 2. The zero-order valence-corrected chi connectivity index (χ0v) is 13.0. The number of hydrogen-bond donors (Lipinski definition) is 1. The lowest BCUT2D eigenvalue weighted by Gasteiger charge is -2.07. The highest BCUT2D eigenvalue weighted by atomic mass is 15.3. The van der Waals surface area contributed by atoms with E-state index in [1.165, 1.54) is 5.56 Å². The first-order chi connectivity index (χ1) is 10.6. The van der Waals surface area contributed by atoms with Gasteiger partial charge in [-0.05, 0) is 38.5 Å². The number of para-hydroxylation sites is 1. The molecular weight excluding hydrogens is 272 g/mol. The maximum absolute atomic E-state index is 4.46. The lowest BCUT2D eigenvalue weighted by Crippen LogP contribution is -2.03. The van der Waals surface area contributed by atoms with Crippen LogP contribution >= 0.6 is 0 Å². The normalized spacial score (nSPS) is 11.7. The Morgan fingerprint density at radius 1 is 0.955 bits per heavy atom. The predicted molar refractivity (Wildman–Crippen MR) is 91.3 cm³/mol. The molecule has 0 aliphatic carbocycles. The third kappa shape index (κ3) is 2.96. The SMILES string of the molecule is C/C(=N/Nc1nc(C)nc2ccccc12)c1ccc(C)cc1. The van der Waals surface area contributed by atoms with Crippen LogP contribution in [0, 0.1) is 13.8 Å². The van der Waals surface area contributed by atoms with Gasteiger partial charge in [-0.1, -0.05) is 42.0 Å². The molecule has 3 rings (SSSR count). The Morgan fingerprint density at radius 2 is 1.68 bits per heavy atom. The van der Waals surface area contributed by atoms with Crippen LogP contribution in [0.4, 0.5) is 5.82 Å². The van der Waals surface area contributed by atoms with Gasteiger partial charge in [0.05, 0.1) is 11.2 Å². The Balaban J connectivity index is 1.93. The molecule has 2 aromatic carbocycles. The van der Waals surface area contributed by atoms with Crippen molar-refractivity contribution in [3.8, 4) is 0 Å². The summed E-state index contributed by atoms with van der Waals surface area (Å²) in [5.74, 6) is 1.46. The van der Waals surface area contributed by atoms with Crippen molar-refractivity contribution in [1.82, 2.24) is 9.97 Å². The second kappa shape index (κ2) is 5.93. The van der Waals surface area contributed by atoms with Crippen molar-refractivity contribution in [2.45, 2.75) is 20.8 Å². The molecule has 1 heterocycles. The van der Waals surface area contributed by atoms with E-state index in [1.54, 1.807) is 0 Å². The van der Waals surface area contributed by atoms with Crippen LogP contribution in [-0.2, 0) is 0 Å². The van der Waals surface area contributed by atoms with Crippen LogP contribution in [0.3, 0.4) is 0 Å². The maximum Gasteiger partial charge on any atom is 0.157 e. The number of hydrazone groups is 1. The van der Waals surface area contributed by atoms with Crippen molar-refractivity contribution < 1.29 is 0 Å². The Morgan fingerprint density at radius 3 is 2.45 bits per heavy atom. The number of hydrogen-bond acceptors (Lipinski definition) is 4. The van der Waals surface area contributed by atoms with Crippen LogP contribution in [0.2, 0.25) is 0 Å². The summed E-state index contributed by atoms with van der Waals surface area (Å²) in [7, 11) is 0. The van der Waals surface area contributed by atoms with Gasteiger partial charge >= 0.3 is 0 Å². The molecule has 0 aliphatic rings. The summed E-state index contributed by atoms with van der Waals surface area (Å²) < 4.78 is 0. The number of rotatable bonds is 3. The average Bonchev–Trinajstić information content (AvgIpc) is 2.52. The topological polar surface area (TPSA) is 50.2 Å². The molecule has 0 spiro atoms. The Labute approximate surface area is 129 Å². The predicted octanol–water partition coefficient (Wildman–Crippen LogP) is 4.08. The summed E-state index contributed by atoms with van der Waals surface area (Å²) in [5, 5.41) is 5.43. The third-order valence-electron chi connectivity index (χ3n) is 3.51. The molecule has 0 bridgehead atoms. The van der Waals surface area contributed by atoms with Gasteiger partial charge in [0.25, 0.3) is 0 Å². The molecule has 0 saturated heterocycles. The molecule has 110 valence electrons. The van der Waals surface area contributed by atoms with Gasteiger partial charge in [-0.2, -0.15) is 5.10 Å². The van der Waals surface area contributed by atoms with Gasteiger partial charge in [0, 0.05) is 5.39 Å². The van der Waals surface area contributed by atoms with Crippen LogP contribution in [0.25, 0.3) is 10.9 Å². The minimum atomic E-state index is 0.726. The summed E-state index contributed by atoms with van der Waals surface area (Å²) in [5.41, 5.74) is 7.24. The van der Waals surface area contributed by atoms with Crippen LogP contribution in [0.1, 0.15) is 23.9 Å². The van der Waals surface area contributed by atoms with E-state index in [9.17, 15) is 0 Å². The average molecular weight is 290 g/mol. The fourth-order valence-corrected chi connectivity index (χ4v) is 2.27. The number of aromatic nitrogens is 2. The molecule has 0 unspecified atom stereocenters. The number of aryl methyl sites for hydroxylation is 2. The molecular formula is C18H18N4. The highest BCUT2D eigenvalue weighted by Gasteiger charge is 2.04. The first-order valence-corrected chi connectivity index (χ1v) is 7.24. The summed E-state index contributed by atoms with van der Waals surface area (Å²) in [6.07, 6.45) is 0. The van der Waals surface area contributed by atoms with Gasteiger partial charge in [0.2, 0.25) is 0 Å². The quantitative estimate of drug-likeness (QED) is 0.584. The first kappa shape index (κ1) is 14.2. The van der Waals surface area contributed by atoms with Crippen molar-refractivity contribution in [2.24, 2.45) is 5.10 Å². The molecule has 4 nitrogen and oxygen atoms in total. The standard InChI is InChI=1S/C18H18N4/c1-12-8-10-15(11-9-12)13(2)21-22-18-16-6-4-5-7-17(16)19-14(3)20-18/h4-11H,1-3H3,(H,19,20,22)/b21-13-. The summed E-state index contributed by atoms with van der Waals surface area (Å²) in [6, 6.07) is 16.2. The summed E-state index contributed by atoms with van der Waals surface area (Å²) >= 11 is 0. The molecule has 1 N–H and O–H groups in total. The van der Waals surface area contributed by atoms with E-state index in [-0.39, 0.29) is 0 Å². The van der Waals surface area contributed by atoms with Crippen molar-refractivity contribution in [3.05, 3.63) is 65.5 Å². The minimum absolute atomic E-state index is 0.726. The van der Waals surface area contributed by atoms with E-state index in [1.807, 2.05) is 38.1 Å². The summed E-state index contributed by atoms with van der Waals surface area (Å²) in [4.78, 5) is 8.88. The van der Waals surface area contributed by atoms with Crippen LogP contribution < -0.4 is 5.43 Å². The largest absolute Gasteiger partial charge is 0.260 e. The fourth-order valence-electron chi connectivity index (χ4n) is 2.27. The third-order valence-corrected chi connectivity index (χ3v) is 3.51. The molecule has 0 aliphatic heterocycles. The fraction of sp³-hybridized carbons (Fsp3) is 0.167. The van der Waals surface area contributed by atoms with Crippen molar-refractivity contribution >= 4 is 22.4 Å². The molecule has 1 aromatic heterocycles. The molecule has 0 fully saturated rings. The lowest BCUT2D eigenvalue weighted by molar-refractivity contribution is 1.08. The Bertz CT molecular complexity index is 835. The van der Waals surface area contributed by atoms with Gasteiger partial charge < -0.3 is 0 Å². The Hall–Kier alpha value is -2.75.